The SMILES string of the molecule is C=CS1(CC)C#C1. The minimum Gasteiger partial charge on any atom is -0.0925 e. The van der Waals surface area contributed by atoms with Crippen LogP contribution in [0.4, 0.5) is 0 Å². The van der Waals surface area contributed by atoms with Gasteiger partial charge in [-0.1, -0.05) is 23.5 Å². The van der Waals surface area contributed by atoms with Gasteiger partial charge in [0.2, 0.25) is 0 Å². The van der Waals surface area contributed by atoms with E-state index in [0.29, 0.717) is 0 Å². The molecule has 38 valence electrons. The molecule has 0 atom stereocenters. The number of hydrogen-bond acceptors (Lipinski definition) is 0. The molecule has 1 heteroatoms. The first-order valence-electron chi connectivity index (χ1n) is 2.30. The maximum Gasteiger partial charge on any atom is -0.00104 e. The first kappa shape index (κ1) is 4.80. The van der Waals surface area contributed by atoms with Crippen LogP contribution in [0.15, 0.2) is 12.0 Å². The third kappa shape index (κ3) is 0.664. The third-order valence-corrected chi connectivity index (χ3v) is 3.31. The molecule has 0 saturated heterocycles. The summed E-state index contributed by atoms with van der Waals surface area (Å²) < 4.78 is 0. The fourth-order valence-electron chi connectivity index (χ4n) is 0.399. The lowest BCUT2D eigenvalue weighted by Gasteiger charge is -2.06. The van der Waals surface area contributed by atoms with E-state index in [9.17, 15) is 0 Å². The van der Waals surface area contributed by atoms with Crippen LogP contribution in [0.2, 0.25) is 0 Å². The van der Waals surface area contributed by atoms with Crippen LogP contribution in [-0.4, -0.2) is 5.75 Å². The Morgan fingerprint density at radius 1 is 1.71 bits per heavy atom. The fourth-order valence-corrected chi connectivity index (χ4v) is 1.52. The van der Waals surface area contributed by atoms with Crippen molar-refractivity contribution in [3.05, 3.63) is 12.0 Å². The normalized spacial score (nSPS) is 24.1. The van der Waals surface area contributed by atoms with Gasteiger partial charge in [0.25, 0.3) is 0 Å². The van der Waals surface area contributed by atoms with E-state index in [1.54, 1.807) is 0 Å². The minimum absolute atomic E-state index is 0.644. The summed E-state index contributed by atoms with van der Waals surface area (Å²) in [6.07, 6.45) is 0. The van der Waals surface area contributed by atoms with Gasteiger partial charge in [-0.05, 0) is 21.7 Å². The summed E-state index contributed by atoms with van der Waals surface area (Å²) in [4.78, 5) is 0. The molecule has 0 aromatic carbocycles. The molecule has 1 rings (SSSR count). The van der Waals surface area contributed by atoms with E-state index in [2.05, 4.69) is 24.0 Å². The fraction of sp³-hybridized carbons (Fsp3) is 0.333. The van der Waals surface area contributed by atoms with Crippen LogP contribution in [0.3, 0.4) is 0 Å². The molecule has 0 spiro atoms. The number of hydrogen-bond donors (Lipinski definition) is 0. The second-order valence-corrected chi connectivity index (χ2v) is 4.36. The maximum atomic E-state index is 3.68. The second-order valence-electron chi connectivity index (χ2n) is 1.45. The van der Waals surface area contributed by atoms with E-state index in [4.69, 9.17) is 0 Å². The van der Waals surface area contributed by atoms with Crippen LogP contribution in [0.5, 0.6) is 0 Å². The Morgan fingerprint density at radius 2 is 2.29 bits per heavy atom. The average molecular weight is 112 g/mol. The van der Waals surface area contributed by atoms with Crippen molar-refractivity contribution in [3.63, 3.8) is 0 Å². The highest BCUT2D eigenvalue weighted by Crippen LogP contribution is 2.55. The van der Waals surface area contributed by atoms with Crippen LogP contribution >= 0.6 is 10.0 Å². The molecule has 1 aliphatic heterocycles. The summed E-state index contributed by atoms with van der Waals surface area (Å²) in [5, 5.41) is 8.09. The second kappa shape index (κ2) is 1.31. The Bertz CT molecular complexity index is 139. The molecule has 0 unspecified atom stereocenters. The summed E-state index contributed by atoms with van der Waals surface area (Å²) in [7, 11) is -0.644. The smallest absolute Gasteiger partial charge is 0.00104 e. The molecule has 0 aliphatic carbocycles. The van der Waals surface area contributed by atoms with Crippen molar-refractivity contribution < 1.29 is 0 Å². The van der Waals surface area contributed by atoms with E-state index >= 15 is 0 Å². The first-order chi connectivity index (χ1) is 3.33. The summed E-state index contributed by atoms with van der Waals surface area (Å²) >= 11 is 0. The van der Waals surface area contributed by atoms with Gasteiger partial charge >= 0.3 is 0 Å². The van der Waals surface area contributed by atoms with Crippen molar-refractivity contribution in [2.24, 2.45) is 0 Å². The average Bonchev–Trinajstić information content (AvgIpc) is 2.46. The largest absolute Gasteiger partial charge is 0.0925 e. The molecule has 0 aromatic rings. The zero-order chi connectivity index (χ0) is 5.33. The highest BCUT2D eigenvalue weighted by molar-refractivity contribution is 8.48. The Labute approximate surface area is 45.9 Å². The van der Waals surface area contributed by atoms with E-state index in [1.807, 2.05) is 5.41 Å². The zero-order valence-electron chi connectivity index (χ0n) is 4.40. The highest BCUT2D eigenvalue weighted by Gasteiger charge is 2.20. The quantitative estimate of drug-likeness (QED) is 0.478. The number of rotatable bonds is 2. The lowest BCUT2D eigenvalue weighted by Crippen LogP contribution is -1.77. The third-order valence-electron chi connectivity index (χ3n) is 1.10. The van der Waals surface area contributed by atoms with Crippen molar-refractivity contribution >= 4 is 10.0 Å². The zero-order valence-corrected chi connectivity index (χ0v) is 5.22. The maximum absolute atomic E-state index is 3.68. The van der Waals surface area contributed by atoms with Crippen LogP contribution in [0.25, 0.3) is 0 Å². The molecule has 1 aliphatic rings. The predicted molar refractivity (Wildman–Crippen MR) is 36.1 cm³/mol. The molecule has 0 radical (unpaired) electrons. The van der Waals surface area contributed by atoms with Gasteiger partial charge in [-0.2, -0.15) is 0 Å². The Morgan fingerprint density at radius 3 is 2.29 bits per heavy atom. The van der Waals surface area contributed by atoms with E-state index in [0.717, 1.165) is 5.75 Å². The van der Waals surface area contributed by atoms with Gasteiger partial charge in [0.1, 0.15) is 0 Å². The molecule has 0 aromatic heterocycles. The van der Waals surface area contributed by atoms with E-state index in [1.165, 1.54) is 0 Å². The Kier molecular flexibility index (Phi) is 0.900. The minimum atomic E-state index is -0.644. The monoisotopic (exact) mass is 112 g/mol. The van der Waals surface area contributed by atoms with Gasteiger partial charge in [-0.3, -0.25) is 0 Å². The van der Waals surface area contributed by atoms with Gasteiger partial charge in [-0.15, -0.1) is 0 Å². The van der Waals surface area contributed by atoms with E-state index < -0.39 is 10.0 Å². The van der Waals surface area contributed by atoms with E-state index in [-0.39, 0.29) is 0 Å². The standard InChI is InChI=1S/C6H8S/c1-3-7(4-2)5-6-7/h3H,1,4H2,2H3. The lowest BCUT2D eigenvalue weighted by molar-refractivity contribution is 1.52. The van der Waals surface area contributed by atoms with Crippen molar-refractivity contribution in [3.8, 4) is 10.5 Å². The van der Waals surface area contributed by atoms with Crippen LogP contribution in [-0.2, 0) is 0 Å². The van der Waals surface area contributed by atoms with Gasteiger partial charge in [-0.25, -0.2) is 0 Å². The molecule has 0 N–H and O–H groups in total. The van der Waals surface area contributed by atoms with Crippen molar-refractivity contribution in [2.75, 3.05) is 5.75 Å². The molecular formula is C6H8S. The van der Waals surface area contributed by atoms with Crippen LogP contribution in [0.1, 0.15) is 6.92 Å². The van der Waals surface area contributed by atoms with Crippen molar-refractivity contribution in [1.29, 1.82) is 0 Å². The molecule has 0 saturated carbocycles. The van der Waals surface area contributed by atoms with Crippen LogP contribution in [0, 0.1) is 10.5 Å². The van der Waals surface area contributed by atoms with Gasteiger partial charge in [0.05, 0.1) is 0 Å². The Hall–Kier alpha value is -0.350. The summed E-state index contributed by atoms with van der Waals surface area (Å²) in [5.74, 6) is 1.15. The molecule has 0 fully saturated rings. The highest BCUT2D eigenvalue weighted by atomic mass is 32.3. The summed E-state index contributed by atoms with van der Waals surface area (Å²) in [5.41, 5.74) is 0. The van der Waals surface area contributed by atoms with Gasteiger partial charge in [0, 0.05) is 0 Å². The Balaban J connectivity index is 2.46. The first-order valence-corrected chi connectivity index (χ1v) is 4.16. The molecular weight excluding hydrogens is 104 g/mol. The molecule has 1 heterocycles. The van der Waals surface area contributed by atoms with Gasteiger partial charge < -0.3 is 0 Å². The predicted octanol–water partition coefficient (Wildman–Crippen LogP) is 1.89. The lowest BCUT2D eigenvalue weighted by atomic mass is 11.0. The molecule has 7 heavy (non-hydrogen) atoms. The molecule has 0 nitrogen and oxygen atoms in total. The van der Waals surface area contributed by atoms with Crippen molar-refractivity contribution in [1.82, 2.24) is 0 Å². The van der Waals surface area contributed by atoms with Crippen molar-refractivity contribution in [2.45, 2.75) is 6.92 Å². The summed E-state index contributed by atoms with van der Waals surface area (Å²) in [6, 6.07) is 0. The molecule has 0 amide bonds. The van der Waals surface area contributed by atoms with Gasteiger partial charge in [0.15, 0.2) is 0 Å². The summed E-state index contributed by atoms with van der Waals surface area (Å²) in [6.45, 7) is 5.82. The topological polar surface area (TPSA) is 0 Å². The van der Waals surface area contributed by atoms with Crippen LogP contribution < -0.4 is 0 Å². The molecule has 0 bridgehead atoms.